The van der Waals surface area contributed by atoms with Crippen LogP contribution < -0.4 is 0 Å². The van der Waals surface area contributed by atoms with E-state index in [1.807, 2.05) is 0 Å². The molecule has 0 aliphatic carbocycles. The fourth-order valence-electron chi connectivity index (χ4n) is 2.16. The van der Waals surface area contributed by atoms with Crippen molar-refractivity contribution in [3.05, 3.63) is 40.6 Å². The topological polar surface area (TPSA) is 43.3 Å². The third-order valence-electron chi connectivity index (χ3n) is 3.13. The van der Waals surface area contributed by atoms with Crippen molar-refractivity contribution in [2.45, 2.75) is 12.5 Å². The van der Waals surface area contributed by atoms with Crippen molar-refractivity contribution < 1.29 is 18.5 Å². The number of aliphatic hydroxyl groups is 1. The Morgan fingerprint density at radius 3 is 2.62 bits per heavy atom. The average molecular weight is 229 g/mol. The van der Waals surface area contributed by atoms with Gasteiger partial charge in [-0.05, 0) is 13.0 Å². The Morgan fingerprint density at radius 2 is 2.06 bits per heavy atom. The molecule has 1 heterocycles. The molecule has 88 valence electrons. The number of hydrogen-bond acceptors (Lipinski definition) is 2. The van der Waals surface area contributed by atoms with Crippen molar-refractivity contribution in [1.29, 1.82) is 0 Å². The summed E-state index contributed by atoms with van der Waals surface area (Å²) in [5.74, 6) is -2.06. The van der Waals surface area contributed by atoms with Gasteiger partial charge in [-0.25, -0.2) is 8.78 Å². The highest BCUT2D eigenvalue weighted by molar-refractivity contribution is 5.27. The molecule has 0 saturated carbocycles. The molecule has 1 fully saturated rings. The normalized spacial score (nSPS) is 33.6. The number of rotatable bonds is 2. The standard InChI is InChI=1S/C11H13F2NO2/c1-2-14(16)6-11(15,7-14)8-4-3-5-9(12)10(8)13/h3-5,15H,2,6-7H2,1H3. The van der Waals surface area contributed by atoms with Gasteiger partial charge in [0.05, 0.1) is 6.54 Å². The molecule has 16 heavy (non-hydrogen) atoms. The van der Waals surface area contributed by atoms with E-state index in [2.05, 4.69) is 0 Å². The Labute approximate surface area is 92.1 Å². The Balaban J connectivity index is 2.30. The predicted octanol–water partition coefficient (Wildman–Crippen LogP) is 1.50. The van der Waals surface area contributed by atoms with Gasteiger partial charge in [-0.3, -0.25) is 0 Å². The average Bonchev–Trinajstić information content (AvgIpc) is 2.19. The van der Waals surface area contributed by atoms with Crippen LogP contribution in [0.5, 0.6) is 0 Å². The van der Waals surface area contributed by atoms with E-state index >= 15 is 0 Å². The van der Waals surface area contributed by atoms with E-state index in [4.69, 9.17) is 0 Å². The smallest absolute Gasteiger partial charge is 0.191 e. The van der Waals surface area contributed by atoms with Gasteiger partial charge < -0.3 is 15.0 Å². The molecule has 0 atom stereocenters. The molecular weight excluding hydrogens is 216 g/mol. The predicted molar refractivity (Wildman–Crippen MR) is 54.2 cm³/mol. The fraction of sp³-hybridized carbons (Fsp3) is 0.455. The molecule has 1 aliphatic heterocycles. The van der Waals surface area contributed by atoms with Gasteiger partial charge in [-0.1, -0.05) is 12.1 Å². The lowest BCUT2D eigenvalue weighted by molar-refractivity contribution is -0.941. The highest BCUT2D eigenvalue weighted by Crippen LogP contribution is 2.38. The molecule has 1 N–H and O–H groups in total. The second-order valence-electron chi connectivity index (χ2n) is 4.32. The molecule has 0 spiro atoms. The number of likely N-dealkylation sites (N-methyl/N-ethyl adjacent to an activating group) is 1. The Hall–Kier alpha value is -1.04. The van der Waals surface area contributed by atoms with E-state index in [1.54, 1.807) is 6.92 Å². The van der Waals surface area contributed by atoms with Crippen LogP contribution in [0.2, 0.25) is 0 Å². The SMILES string of the molecule is CC[N+]1([O-])CC(O)(c2cccc(F)c2F)C1. The van der Waals surface area contributed by atoms with E-state index in [0.717, 1.165) is 6.07 Å². The van der Waals surface area contributed by atoms with Crippen molar-refractivity contribution in [2.24, 2.45) is 0 Å². The van der Waals surface area contributed by atoms with Crippen LogP contribution in [-0.2, 0) is 5.60 Å². The van der Waals surface area contributed by atoms with Gasteiger partial charge in [0, 0.05) is 5.56 Å². The Morgan fingerprint density at radius 1 is 1.44 bits per heavy atom. The van der Waals surface area contributed by atoms with Crippen LogP contribution in [0.1, 0.15) is 12.5 Å². The molecule has 1 saturated heterocycles. The summed E-state index contributed by atoms with van der Waals surface area (Å²) in [5, 5.41) is 21.7. The first-order valence-corrected chi connectivity index (χ1v) is 5.14. The molecule has 1 aromatic carbocycles. The minimum atomic E-state index is -1.52. The first-order valence-electron chi connectivity index (χ1n) is 5.14. The molecule has 0 amide bonds. The number of halogens is 2. The molecule has 1 aromatic rings. The first kappa shape index (κ1) is 11.4. The molecule has 0 unspecified atom stereocenters. The summed E-state index contributed by atoms with van der Waals surface area (Å²) >= 11 is 0. The number of likely N-dealkylation sites (tertiary alicyclic amines) is 1. The summed E-state index contributed by atoms with van der Waals surface area (Å²) in [4.78, 5) is 0. The van der Waals surface area contributed by atoms with Crippen molar-refractivity contribution in [2.75, 3.05) is 19.6 Å². The quantitative estimate of drug-likeness (QED) is 0.617. The zero-order chi connectivity index (χ0) is 12.0. The van der Waals surface area contributed by atoms with Crippen LogP contribution in [0.25, 0.3) is 0 Å². The number of nitrogens with zero attached hydrogens (tertiary/aromatic N) is 1. The second-order valence-corrected chi connectivity index (χ2v) is 4.32. The molecule has 1 aliphatic rings. The fourth-order valence-corrected chi connectivity index (χ4v) is 2.16. The lowest BCUT2D eigenvalue weighted by Gasteiger charge is -2.57. The largest absolute Gasteiger partial charge is 0.633 e. The van der Waals surface area contributed by atoms with E-state index in [-0.39, 0.29) is 18.7 Å². The number of hydrogen-bond donors (Lipinski definition) is 1. The zero-order valence-electron chi connectivity index (χ0n) is 8.91. The zero-order valence-corrected chi connectivity index (χ0v) is 8.91. The molecule has 3 nitrogen and oxygen atoms in total. The van der Waals surface area contributed by atoms with Gasteiger partial charge in [0.2, 0.25) is 0 Å². The number of quaternary nitrogens is 1. The molecule has 0 radical (unpaired) electrons. The van der Waals surface area contributed by atoms with E-state index in [0.29, 0.717) is 6.54 Å². The van der Waals surface area contributed by atoms with Gasteiger partial charge in [0.25, 0.3) is 0 Å². The maximum atomic E-state index is 13.4. The van der Waals surface area contributed by atoms with Crippen molar-refractivity contribution in [3.63, 3.8) is 0 Å². The molecule has 0 bridgehead atoms. The van der Waals surface area contributed by atoms with E-state index in [9.17, 15) is 19.1 Å². The lowest BCUT2D eigenvalue weighted by Crippen LogP contribution is -2.69. The Kier molecular flexibility index (Phi) is 2.49. The van der Waals surface area contributed by atoms with E-state index in [1.165, 1.54) is 12.1 Å². The second kappa shape index (κ2) is 3.48. The minimum Gasteiger partial charge on any atom is -0.633 e. The number of benzene rings is 1. The maximum absolute atomic E-state index is 13.4. The summed E-state index contributed by atoms with van der Waals surface area (Å²) in [5.41, 5.74) is -1.64. The molecule has 0 aromatic heterocycles. The van der Waals surface area contributed by atoms with Gasteiger partial charge in [0.1, 0.15) is 13.1 Å². The molecular formula is C11H13F2NO2. The monoisotopic (exact) mass is 229 g/mol. The van der Waals surface area contributed by atoms with Crippen LogP contribution in [0.3, 0.4) is 0 Å². The minimum absolute atomic E-state index is 0.120. The summed E-state index contributed by atoms with van der Waals surface area (Å²) < 4.78 is 25.8. The van der Waals surface area contributed by atoms with Crippen molar-refractivity contribution in [3.8, 4) is 0 Å². The van der Waals surface area contributed by atoms with Gasteiger partial charge in [0.15, 0.2) is 17.2 Å². The molecule has 2 rings (SSSR count). The van der Waals surface area contributed by atoms with Crippen LogP contribution >= 0.6 is 0 Å². The summed E-state index contributed by atoms with van der Waals surface area (Å²) in [7, 11) is 0. The van der Waals surface area contributed by atoms with Gasteiger partial charge in [-0.15, -0.1) is 0 Å². The van der Waals surface area contributed by atoms with Crippen LogP contribution in [0.15, 0.2) is 18.2 Å². The van der Waals surface area contributed by atoms with E-state index < -0.39 is 21.9 Å². The van der Waals surface area contributed by atoms with Crippen molar-refractivity contribution in [1.82, 2.24) is 0 Å². The lowest BCUT2D eigenvalue weighted by atomic mass is 9.85. The summed E-state index contributed by atoms with van der Waals surface area (Å²) in [6, 6.07) is 3.63. The van der Waals surface area contributed by atoms with Crippen LogP contribution in [-0.4, -0.2) is 29.4 Å². The summed E-state index contributed by atoms with van der Waals surface area (Å²) in [6.45, 7) is 1.78. The molecule has 5 heteroatoms. The van der Waals surface area contributed by atoms with Crippen LogP contribution in [0.4, 0.5) is 8.78 Å². The first-order chi connectivity index (χ1) is 7.40. The highest BCUT2D eigenvalue weighted by atomic mass is 19.2. The highest BCUT2D eigenvalue weighted by Gasteiger charge is 2.52. The third-order valence-corrected chi connectivity index (χ3v) is 3.13. The van der Waals surface area contributed by atoms with Crippen LogP contribution in [0, 0.1) is 16.8 Å². The maximum Gasteiger partial charge on any atom is 0.191 e. The van der Waals surface area contributed by atoms with Gasteiger partial charge in [-0.2, -0.15) is 0 Å². The number of hydroxylamine groups is 3. The van der Waals surface area contributed by atoms with Gasteiger partial charge >= 0.3 is 0 Å². The summed E-state index contributed by atoms with van der Waals surface area (Å²) in [6.07, 6.45) is 0. The third kappa shape index (κ3) is 1.61. The Bertz CT molecular complexity index is 416. The van der Waals surface area contributed by atoms with Crippen molar-refractivity contribution >= 4 is 0 Å².